The molecule has 0 aromatic carbocycles. The van der Waals surface area contributed by atoms with Crippen LogP contribution in [0.2, 0.25) is 0 Å². The predicted molar refractivity (Wildman–Crippen MR) is 58.9 cm³/mol. The molecule has 0 unspecified atom stereocenters. The summed E-state index contributed by atoms with van der Waals surface area (Å²) in [7, 11) is 0. The maximum Gasteiger partial charge on any atom is 0.331 e. The number of rotatable bonds is 1. The van der Waals surface area contributed by atoms with Crippen molar-refractivity contribution in [1.82, 2.24) is 10.2 Å². The van der Waals surface area contributed by atoms with Crippen molar-refractivity contribution in [2.24, 2.45) is 5.41 Å². The third-order valence-electron chi connectivity index (χ3n) is 4.12. The van der Waals surface area contributed by atoms with E-state index in [-0.39, 0.29) is 17.9 Å². The molecule has 5 heteroatoms. The summed E-state index contributed by atoms with van der Waals surface area (Å²) in [6.07, 6.45) is 5.80. The van der Waals surface area contributed by atoms with Gasteiger partial charge in [-0.15, -0.1) is 0 Å². The van der Waals surface area contributed by atoms with Gasteiger partial charge in [-0.25, -0.2) is 4.79 Å². The largest absolute Gasteiger partial charge is 0.331 e. The Morgan fingerprint density at radius 2 is 1.71 bits per heavy atom. The number of urea groups is 1. The van der Waals surface area contributed by atoms with Gasteiger partial charge < -0.3 is 0 Å². The lowest BCUT2D eigenvalue weighted by Crippen LogP contribution is -2.64. The lowest BCUT2D eigenvalue weighted by Gasteiger charge is -2.41. The van der Waals surface area contributed by atoms with Crippen LogP contribution in [0, 0.1) is 5.41 Å². The average molecular weight is 236 g/mol. The molecule has 0 atom stereocenters. The summed E-state index contributed by atoms with van der Waals surface area (Å²) in [6.45, 7) is 0. The molecule has 0 radical (unpaired) electrons. The molecule has 1 heterocycles. The van der Waals surface area contributed by atoms with Gasteiger partial charge >= 0.3 is 6.03 Å². The fourth-order valence-corrected chi connectivity index (χ4v) is 2.96. The van der Waals surface area contributed by atoms with Crippen molar-refractivity contribution in [2.75, 3.05) is 0 Å². The van der Waals surface area contributed by atoms with Crippen LogP contribution in [-0.4, -0.2) is 28.8 Å². The molecule has 3 aliphatic rings. The predicted octanol–water partition coefficient (Wildman–Crippen LogP) is 1.18. The zero-order chi connectivity index (χ0) is 12.0. The Morgan fingerprint density at radius 3 is 2.29 bits per heavy atom. The van der Waals surface area contributed by atoms with Crippen LogP contribution in [0.25, 0.3) is 0 Å². The molecule has 0 aromatic rings. The van der Waals surface area contributed by atoms with Gasteiger partial charge in [0.25, 0.3) is 0 Å². The summed E-state index contributed by atoms with van der Waals surface area (Å²) in [5.41, 5.74) is -0.936. The minimum absolute atomic E-state index is 0.0365. The van der Waals surface area contributed by atoms with Crippen LogP contribution in [0.15, 0.2) is 0 Å². The molecule has 3 fully saturated rings. The van der Waals surface area contributed by atoms with E-state index in [1.807, 2.05) is 0 Å². The van der Waals surface area contributed by atoms with Gasteiger partial charge in [0, 0.05) is 6.04 Å². The lowest BCUT2D eigenvalue weighted by atomic mass is 9.71. The Labute approximate surface area is 99.5 Å². The van der Waals surface area contributed by atoms with Crippen LogP contribution in [0.1, 0.15) is 44.9 Å². The molecule has 92 valence electrons. The fourth-order valence-electron chi connectivity index (χ4n) is 2.96. The molecular weight excluding hydrogens is 220 g/mol. The van der Waals surface area contributed by atoms with Crippen LogP contribution in [0.3, 0.4) is 0 Å². The van der Waals surface area contributed by atoms with Gasteiger partial charge in [0.1, 0.15) is 5.41 Å². The monoisotopic (exact) mass is 236 g/mol. The molecule has 2 aliphatic carbocycles. The molecule has 1 saturated heterocycles. The Hall–Kier alpha value is -1.39. The molecule has 0 aromatic heterocycles. The summed E-state index contributed by atoms with van der Waals surface area (Å²) in [4.78, 5) is 37.4. The minimum atomic E-state index is -0.936. The van der Waals surface area contributed by atoms with E-state index in [9.17, 15) is 14.4 Å². The second kappa shape index (κ2) is 3.55. The summed E-state index contributed by atoms with van der Waals surface area (Å²) < 4.78 is 0. The van der Waals surface area contributed by atoms with E-state index in [0.29, 0.717) is 12.8 Å². The molecule has 1 N–H and O–H groups in total. The molecule has 1 spiro atoms. The SMILES string of the molecule is O=C1NC(=O)C2(CCCCC2)C(=O)N1C1CC1. The Morgan fingerprint density at radius 1 is 1.06 bits per heavy atom. The highest BCUT2D eigenvalue weighted by Gasteiger charge is 2.56. The summed E-state index contributed by atoms with van der Waals surface area (Å²) in [5.74, 6) is -0.613. The second-order valence-corrected chi connectivity index (χ2v) is 5.31. The van der Waals surface area contributed by atoms with Gasteiger partial charge in [0.15, 0.2) is 0 Å². The third kappa shape index (κ3) is 1.48. The molecule has 17 heavy (non-hydrogen) atoms. The summed E-state index contributed by atoms with van der Waals surface area (Å²) in [6, 6.07) is -0.479. The highest BCUT2D eigenvalue weighted by atomic mass is 16.2. The average Bonchev–Trinajstić information content (AvgIpc) is 3.13. The molecule has 3 rings (SSSR count). The number of amides is 4. The number of hydrogen-bond donors (Lipinski definition) is 1. The normalized spacial score (nSPS) is 28.5. The number of carbonyl (C=O) groups excluding carboxylic acids is 3. The van der Waals surface area contributed by atoms with Gasteiger partial charge in [-0.2, -0.15) is 0 Å². The Kier molecular flexibility index (Phi) is 2.24. The maximum absolute atomic E-state index is 12.4. The van der Waals surface area contributed by atoms with Crippen molar-refractivity contribution in [1.29, 1.82) is 0 Å². The van der Waals surface area contributed by atoms with E-state index >= 15 is 0 Å². The van der Waals surface area contributed by atoms with E-state index in [1.54, 1.807) is 0 Å². The van der Waals surface area contributed by atoms with Gasteiger partial charge in [0.05, 0.1) is 0 Å². The molecule has 4 amide bonds. The van der Waals surface area contributed by atoms with Crippen molar-refractivity contribution in [3.63, 3.8) is 0 Å². The topological polar surface area (TPSA) is 66.5 Å². The number of nitrogens with one attached hydrogen (secondary N) is 1. The van der Waals surface area contributed by atoms with E-state index in [4.69, 9.17) is 0 Å². The van der Waals surface area contributed by atoms with Crippen LogP contribution < -0.4 is 5.32 Å². The van der Waals surface area contributed by atoms with Crippen LogP contribution in [-0.2, 0) is 9.59 Å². The smallest absolute Gasteiger partial charge is 0.277 e. The maximum atomic E-state index is 12.4. The van der Waals surface area contributed by atoms with E-state index < -0.39 is 11.4 Å². The van der Waals surface area contributed by atoms with E-state index in [1.165, 1.54) is 4.90 Å². The van der Waals surface area contributed by atoms with Crippen molar-refractivity contribution in [3.05, 3.63) is 0 Å². The first-order valence-corrected chi connectivity index (χ1v) is 6.34. The van der Waals surface area contributed by atoms with Gasteiger partial charge in [-0.05, 0) is 25.7 Å². The zero-order valence-electron chi connectivity index (χ0n) is 9.70. The Balaban J connectivity index is 1.93. The highest BCUT2D eigenvalue weighted by molar-refractivity contribution is 6.19. The fraction of sp³-hybridized carbons (Fsp3) is 0.750. The second-order valence-electron chi connectivity index (χ2n) is 5.31. The van der Waals surface area contributed by atoms with Crippen LogP contribution >= 0.6 is 0 Å². The van der Waals surface area contributed by atoms with Gasteiger partial charge in [-0.3, -0.25) is 19.8 Å². The standard InChI is InChI=1S/C12H16N2O3/c15-9-12(6-2-1-3-7-12)10(16)14(8-4-5-8)11(17)13-9/h8H,1-7H2,(H,13,15,17). The van der Waals surface area contributed by atoms with Crippen molar-refractivity contribution < 1.29 is 14.4 Å². The molecule has 0 bridgehead atoms. The first-order valence-electron chi connectivity index (χ1n) is 6.34. The van der Waals surface area contributed by atoms with Crippen LogP contribution in [0.5, 0.6) is 0 Å². The van der Waals surface area contributed by atoms with Gasteiger partial charge in [0.2, 0.25) is 11.8 Å². The highest BCUT2D eigenvalue weighted by Crippen LogP contribution is 2.42. The first-order chi connectivity index (χ1) is 8.15. The van der Waals surface area contributed by atoms with Gasteiger partial charge in [-0.1, -0.05) is 19.3 Å². The van der Waals surface area contributed by atoms with Crippen molar-refractivity contribution in [2.45, 2.75) is 51.0 Å². The number of carbonyl (C=O) groups is 3. The summed E-state index contributed by atoms with van der Waals surface area (Å²) >= 11 is 0. The first kappa shape index (κ1) is 10.7. The Bertz CT molecular complexity index is 395. The number of hydrogen-bond acceptors (Lipinski definition) is 3. The quantitative estimate of drug-likeness (QED) is 0.695. The molecule has 5 nitrogen and oxygen atoms in total. The van der Waals surface area contributed by atoms with E-state index in [2.05, 4.69) is 5.32 Å². The molecule has 2 saturated carbocycles. The number of imide groups is 2. The number of nitrogens with zero attached hydrogens (tertiary/aromatic N) is 1. The third-order valence-corrected chi connectivity index (χ3v) is 4.12. The molecule has 1 aliphatic heterocycles. The zero-order valence-corrected chi connectivity index (χ0v) is 9.70. The lowest BCUT2D eigenvalue weighted by molar-refractivity contribution is -0.154. The van der Waals surface area contributed by atoms with E-state index in [0.717, 1.165) is 32.1 Å². The van der Waals surface area contributed by atoms with Crippen LogP contribution in [0.4, 0.5) is 4.79 Å². The minimum Gasteiger partial charge on any atom is -0.277 e. The van der Waals surface area contributed by atoms with Crippen molar-refractivity contribution in [3.8, 4) is 0 Å². The number of barbiturate groups is 1. The summed E-state index contributed by atoms with van der Waals surface area (Å²) in [5, 5.41) is 2.37. The van der Waals surface area contributed by atoms with Crippen molar-refractivity contribution >= 4 is 17.8 Å². The molecular formula is C12H16N2O3.